The largest absolute Gasteiger partial charge is 0.379 e. The van der Waals surface area contributed by atoms with Crippen molar-refractivity contribution < 1.29 is 14.3 Å². The third-order valence-corrected chi connectivity index (χ3v) is 3.70. The molecule has 1 fully saturated rings. The maximum Gasteiger partial charge on any atom is 0.246 e. The van der Waals surface area contributed by atoms with E-state index in [2.05, 4.69) is 5.32 Å². The minimum Gasteiger partial charge on any atom is -0.379 e. The predicted octanol–water partition coefficient (Wildman–Crippen LogP) is 0.927. The summed E-state index contributed by atoms with van der Waals surface area (Å²) in [4.78, 5) is 25.8. The van der Waals surface area contributed by atoms with E-state index in [1.807, 2.05) is 13.8 Å². The third kappa shape index (κ3) is 2.83. The second-order valence-electron chi connectivity index (χ2n) is 5.96. The molecule has 2 amide bonds. The Balaban J connectivity index is 2.83. The lowest BCUT2D eigenvalue weighted by Gasteiger charge is -2.44. The highest BCUT2D eigenvalue weighted by molar-refractivity contribution is 5.99. The third-order valence-electron chi connectivity index (χ3n) is 3.70. The quantitative estimate of drug-likeness (QED) is 0.814. The summed E-state index contributed by atoms with van der Waals surface area (Å²) in [6, 6.07) is -0.448. The van der Waals surface area contributed by atoms with E-state index in [1.165, 1.54) is 0 Å². The number of hydrogen-bond acceptors (Lipinski definition) is 3. The molecular formula is C13H24N2O3. The van der Waals surface area contributed by atoms with Gasteiger partial charge in [-0.05, 0) is 41.0 Å². The van der Waals surface area contributed by atoms with Crippen molar-refractivity contribution in [1.29, 1.82) is 0 Å². The van der Waals surface area contributed by atoms with Gasteiger partial charge in [0.2, 0.25) is 11.8 Å². The summed E-state index contributed by atoms with van der Waals surface area (Å²) in [5.41, 5.74) is -1.10. The van der Waals surface area contributed by atoms with Crippen molar-refractivity contribution in [2.24, 2.45) is 0 Å². The van der Waals surface area contributed by atoms with Gasteiger partial charge in [-0.2, -0.15) is 0 Å². The van der Waals surface area contributed by atoms with Crippen LogP contribution in [0.25, 0.3) is 0 Å². The monoisotopic (exact) mass is 256 g/mol. The summed E-state index contributed by atoms with van der Waals surface area (Å²) in [5, 5.41) is 2.70. The Kier molecular flexibility index (Phi) is 4.05. The molecule has 104 valence electrons. The summed E-state index contributed by atoms with van der Waals surface area (Å²) >= 11 is 0. The van der Waals surface area contributed by atoms with Gasteiger partial charge in [-0.25, -0.2) is 0 Å². The molecule has 0 spiro atoms. The lowest BCUT2D eigenvalue weighted by atomic mass is 9.94. The maximum absolute atomic E-state index is 12.2. The molecular weight excluding hydrogens is 232 g/mol. The number of carbonyl (C=O) groups excluding carboxylic acids is 2. The van der Waals surface area contributed by atoms with Gasteiger partial charge in [-0.15, -0.1) is 0 Å². The van der Waals surface area contributed by atoms with E-state index in [0.29, 0.717) is 13.0 Å². The fraction of sp³-hybridized carbons (Fsp3) is 0.846. The van der Waals surface area contributed by atoms with Crippen molar-refractivity contribution in [3.8, 4) is 0 Å². The minimum atomic E-state index is -0.798. The predicted molar refractivity (Wildman–Crippen MR) is 69.1 cm³/mol. The minimum absolute atomic E-state index is 0.0356. The highest BCUT2D eigenvalue weighted by Crippen LogP contribution is 2.23. The highest BCUT2D eigenvalue weighted by Gasteiger charge is 2.44. The molecule has 1 unspecified atom stereocenters. The molecule has 0 saturated carbocycles. The van der Waals surface area contributed by atoms with Crippen molar-refractivity contribution in [1.82, 2.24) is 10.2 Å². The van der Waals surface area contributed by atoms with Crippen LogP contribution in [0, 0.1) is 0 Å². The molecule has 1 rings (SSSR count). The van der Waals surface area contributed by atoms with Gasteiger partial charge in [0.25, 0.3) is 0 Å². The lowest BCUT2D eigenvalue weighted by molar-refractivity contribution is -0.155. The van der Waals surface area contributed by atoms with Gasteiger partial charge in [0.05, 0.1) is 5.60 Å². The van der Waals surface area contributed by atoms with E-state index >= 15 is 0 Å². The van der Waals surface area contributed by atoms with Crippen LogP contribution in [0.3, 0.4) is 0 Å². The summed E-state index contributed by atoms with van der Waals surface area (Å²) in [5.74, 6) is -0.142. The van der Waals surface area contributed by atoms with Gasteiger partial charge in [0, 0.05) is 13.7 Å². The molecule has 1 N–H and O–H groups in total. The standard InChI is InChI=1S/C13H24N2O3/c1-9-10(16)15(8-7-12(2,3)18-6)13(4,5)11(17)14-9/h9H,7-8H2,1-6H3,(H,14,17). The van der Waals surface area contributed by atoms with Crippen LogP contribution in [0.1, 0.15) is 41.0 Å². The van der Waals surface area contributed by atoms with Crippen molar-refractivity contribution in [2.75, 3.05) is 13.7 Å². The lowest BCUT2D eigenvalue weighted by Crippen LogP contribution is -2.68. The number of nitrogens with one attached hydrogen (secondary N) is 1. The molecule has 1 aliphatic heterocycles. The first-order chi connectivity index (χ1) is 8.12. The Morgan fingerprint density at radius 1 is 1.39 bits per heavy atom. The molecule has 0 aromatic rings. The van der Waals surface area contributed by atoms with Gasteiger partial charge in [-0.1, -0.05) is 0 Å². The molecule has 1 atom stereocenters. The first-order valence-electron chi connectivity index (χ1n) is 6.29. The van der Waals surface area contributed by atoms with Gasteiger partial charge >= 0.3 is 0 Å². The number of amides is 2. The Bertz CT molecular complexity index is 350. The zero-order chi connectivity index (χ0) is 14.1. The Labute approximate surface area is 109 Å². The number of nitrogens with zero attached hydrogens (tertiary/aromatic N) is 1. The molecule has 1 heterocycles. The van der Waals surface area contributed by atoms with Gasteiger partial charge in [0.15, 0.2) is 0 Å². The summed E-state index contributed by atoms with van der Waals surface area (Å²) in [6.45, 7) is 9.71. The molecule has 1 saturated heterocycles. The normalized spacial score (nSPS) is 24.1. The van der Waals surface area contributed by atoms with E-state index in [-0.39, 0.29) is 17.4 Å². The SMILES string of the molecule is COC(C)(C)CCN1C(=O)C(C)NC(=O)C1(C)C. The zero-order valence-corrected chi connectivity index (χ0v) is 12.2. The van der Waals surface area contributed by atoms with E-state index in [1.54, 1.807) is 32.8 Å². The summed E-state index contributed by atoms with van der Waals surface area (Å²) in [7, 11) is 1.65. The Hall–Kier alpha value is -1.10. The molecule has 0 bridgehead atoms. The van der Waals surface area contributed by atoms with Crippen molar-refractivity contribution >= 4 is 11.8 Å². The average molecular weight is 256 g/mol. The molecule has 5 heteroatoms. The van der Waals surface area contributed by atoms with Crippen molar-refractivity contribution in [3.05, 3.63) is 0 Å². The van der Waals surface area contributed by atoms with Gasteiger partial charge < -0.3 is 15.0 Å². The molecule has 0 aliphatic carbocycles. The second kappa shape index (κ2) is 4.88. The number of piperazine rings is 1. The average Bonchev–Trinajstić information content (AvgIpc) is 2.26. The fourth-order valence-electron chi connectivity index (χ4n) is 1.94. The van der Waals surface area contributed by atoms with E-state index in [4.69, 9.17) is 4.74 Å². The van der Waals surface area contributed by atoms with Crippen LogP contribution in [0.2, 0.25) is 0 Å². The van der Waals surface area contributed by atoms with Crippen molar-refractivity contribution in [2.45, 2.75) is 58.2 Å². The van der Waals surface area contributed by atoms with E-state index in [9.17, 15) is 9.59 Å². The molecule has 0 aromatic heterocycles. The van der Waals surface area contributed by atoms with Crippen LogP contribution in [-0.4, -0.2) is 47.6 Å². The van der Waals surface area contributed by atoms with E-state index < -0.39 is 11.6 Å². The van der Waals surface area contributed by atoms with Crippen LogP contribution in [0.4, 0.5) is 0 Å². The number of methoxy groups -OCH3 is 1. The molecule has 18 heavy (non-hydrogen) atoms. The number of carbonyl (C=O) groups is 2. The number of rotatable bonds is 4. The highest BCUT2D eigenvalue weighted by atomic mass is 16.5. The number of ether oxygens (including phenoxy) is 1. The molecule has 0 radical (unpaired) electrons. The first-order valence-corrected chi connectivity index (χ1v) is 6.29. The Morgan fingerprint density at radius 2 is 1.94 bits per heavy atom. The Morgan fingerprint density at radius 3 is 2.44 bits per heavy atom. The van der Waals surface area contributed by atoms with Crippen LogP contribution < -0.4 is 5.32 Å². The van der Waals surface area contributed by atoms with Crippen LogP contribution in [0.15, 0.2) is 0 Å². The zero-order valence-electron chi connectivity index (χ0n) is 12.2. The molecule has 5 nitrogen and oxygen atoms in total. The van der Waals surface area contributed by atoms with Crippen LogP contribution >= 0.6 is 0 Å². The second-order valence-corrected chi connectivity index (χ2v) is 5.96. The topological polar surface area (TPSA) is 58.6 Å². The smallest absolute Gasteiger partial charge is 0.246 e. The summed E-state index contributed by atoms with van der Waals surface area (Å²) < 4.78 is 5.35. The number of hydrogen-bond donors (Lipinski definition) is 1. The maximum atomic E-state index is 12.2. The first kappa shape index (κ1) is 15.0. The van der Waals surface area contributed by atoms with E-state index in [0.717, 1.165) is 0 Å². The van der Waals surface area contributed by atoms with Crippen molar-refractivity contribution in [3.63, 3.8) is 0 Å². The van der Waals surface area contributed by atoms with Gasteiger partial charge in [-0.3, -0.25) is 9.59 Å². The van der Waals surface area contributed by atoms with Crippen LogP contribution in [-0.2, 0) is 14.3 Å². The summed E-state index contributed by atoms with van der Waals surface area (Å²) in [6.07, 6.45) is 0.693. The molecule has 0 aromatic carbocycles. The van der Waals surface area contributed by atoms with Gasteiger partial charge in [0.1, 0.15) is 11.6 Å². The molecule has 1 aliphatic rings. The van der Waals surface area contributed by atoms with Crippen LogP contribution in [0.5, 0.6) is 0 Å². The fourth-order valence-corrected chi connectivity index (χ4v) is 1.94.